The first-order valence-corrected chi connectivity index (χ1v) is 14.0. The van der Waals surface area contributed by atoms with E-state index in [0.717, 1.165) is 21.4 Å². The van der Waals surface area contributed by atoms with Gasteiger partial charge in [-0.2, -0.15) is 0 Å². The molecule has 0 atom stereocenters. The molecule has 1 saturated heterocycles. The molecule has 0 saturated carbocycles. The van der Waals surface area contributed by atoms with Gasteiger partial charge in [0.2, 0.25) is 0 Å². The van der Waals surface area contributed by atoms with Crippen molar-refractivity contribution in [1.82, 2.24) is 4.90 Å². The number of aliphatic imine (C=N–C) groups is 1. The number of methoxy groups -OCH3 is 1. The van der Waals surface area contributed by atoms with Crippen LogP contribution in [0.15, 0.2) is 93.1 Å². The molecule has 0 radical (unpaired) electrons. The number of fused-ring (bicyclic) bond motifs is 3. The fourth-order valence-electron chi connectivity index (χ4n) is 4.85. The summed E-state index contributed by atoms with van der Waals surface area (Å²) in [5, 5.41) is 1.33. The third-order valence-electron chi connectivity index (χ3n) is 6.73. The van der Waals surface area contributed by atoms with Gasteiger partial charge in [0.1, 0.15) is 15.7 Å². The Bertz CT molecular complexity index is 1660. The summed E-state index contributed by atoms with van der Waals surface area (Å²) in [5.41, 5.74) is 2.96. The molecule has 0 bridgehead atoms. The van der Waals surface area contributed by atoms with E-state index in [0.29, 0.717) is 44.6 Å². The molecule has 3 aromatic carbocycles. The molecule has 3 aliphatic rings. The largest absolute Gasteiger partial charge is 0.497 e. The third kappa shape index (κ3) is 4.09. The Morgan fingerprint density at radius 2 is 1.62 bits per heavy atom. The van der Waals surface area contributed by atoms with Gasteiger partial charge in [-0.15, -0.1) is 6.58 Å². The van der Waals surface area contributed by atoms with E-state index in [-0.39, 0.29) is 24.0 Å². The topological polar surface area (TPSA) is 79.3 Å². The van der Waals surface area contributed by atoms with Gasteiger partial charge in [0.05, 0.1) is 18.5 Å². The van der Waals surface area contributed by atoms with E-state index < -0.39 is 0 Å². The van der Waals surface area contributed by atoms with Gasteiger partial charge in [-0.25, -0.2) is 4.99 Å². The number of amides is 1. The van der Waals surface area contributed by atoms with Crippen molar-refractivity contribution in [3.05, 3.63) is 106 Å². The number of benzene rings is 3. The molecule has 0 aromatic heterocycles. The second-order valence-electron chi connectivity index (χ2n) is 8.95. The fourth-order valence-corrected chi connectivity index (χ4v) is 7.23. The molecule has 39 heavy (non-hydrogen) atoms. The van der Waals surface area contributed by atoms with Gasteiger partial charge in [0, 0.05) is 46.3 Å². The lowest BCUT2D eigenvalue weighted by molar-refractivity contribution is -0.121. The molecule has 7 nitrogen and oxygen atoms in total. The van der Waals surface area contributed by atoms with E-state index in [1.165, 1.54) is 11.8 Å². The Balaban J connectivity index is 1.39. The molecule has 194 valence electrons. The van der Waals surface area contributed by atoms with Crippen molar-refractivity contribution in [3.8, 4) is 5.75 Å². The smallest absolute Gasteiger partial charge is 0.269 e. The van der Waals surface area contributed by atoms with Crippen molar-refractivity contribution < 1.29 is 19.1 Å². The molecule has 0 N–H and O–H groups in total. The maximum absolute atomic E-state index is 13.6. The summed E-state index contributed by atoms with van der Waals surface area (Å²) in [6.07, 6.45) is 1.66. The average molecular weight is 554 g/mol. The summed E-state index contributed by atoms with van der Waals surface area (Å²) >= 11 is 2.85. The first-order valence-electron chi connectivity index (χ1n) is 12.3. The lowest BCUT2D eigenvalue weighted by atomic mass is 9.84. The summed E-state index contributed by atoms with van der Waals surface area (Å²) in [5.74, 6) is 0.206. The second-order valence-corrected chi connectivity index (χ2v) is 11.0. The van der Waals surface area contributed by atoms with Crippen molar-refractivity contribution in [3.63, 3.8) is 0 Å². The van der Waals surface area contributed by atoms with Gasteiger partial charge in [-0.05, 0) is 49.0 Å². The summed E-state index contributed by atoms with van der Waals surface area (Å²) in [4.78, 5) is 49.9. The number of amidine groups is 1. The Morgan fingerprint density at radius 1 is 0.897 bits per heavy atom. The highest BCUT2D eigenvalue weighted by molar-refractivity contribution is 8.19. The van der Waals surface area contributed by atoms with Crippen LogP contribution in [0.1, 0.15) is 38.8 Å². The van der Waals surface area contributed by atoms with Crippen molar-refractivity contribution in [2.24, 2.45) is 4.99 Å². The number of ether oxygens (including phenoxy) is 1. The summed E-state index contributed by atoms with van der Waals surface area (Å²) in [6, 6.07) is 17.7. The van der Waals surface area contributed by atoms with Gasteiger partial charge in [-0.3, -0.25) is 19.3 Å². The van der Waals surface area contributed by atoms with E-state index in [2.05, 4.69) is 11.5 Å². The minimum Gasteiger partial charge on any atom is -0.497 e. The van der Waals surface area contributed by atoms with Crippen LogP contribution < -0.4 is 9.64 Å². The van der Waals surface area contributed by atoms with Crippen molar-refractivity contribution in [2.75, 3.05) is 25.1 Å². The minimum atomic E-state index is -0.211. The lowest BCUT2D eigenvalue weighted by Gasteiger charge is -2.19. The number of carbonyl (C=O) groups excluding carboxylic acids is 3. The molecule has 0 spiro atoms. The van der Waals surface area contributed by atoms with Crippen LogP contribution >= 0.6 is 23.5 Å². The van der Waals surface area contributed by atoms with Crippen LogP contribution in [0.2, 0.25) is 0 Å². The van der Waals surface area contributed by atoms with Gasteiger partial charge in [-0.1, -0.05) is 42.1 Å². The van der Waals surface area contributed by atoms with E-state index in [9.17, 15) is 14.4 Å². The number of ketones is 2. The van der Waals surface area contributed by atoms with E-state index in [4.69, 9.17) is 9.73 Å². The Kier molecular flexibility index (Phi) is 6.40. The van der Waals surface area contributed by atoms with Crippen LogP contribution in [-0.2, 0) is 4.79 Å². The highest BCUT2D eigenvalue weighted by Crippen LogP contribution is 2.51. The SMILES string of the molecule is C=CCN1C(=O)/C(=C2/Sc3ccc(OC)cc3N2CC)SC1=Nc1ccc2c(c1)C(=O)c1ccccc1C2=O. The van der Waals surface area contributed by atoms with Crippen LogP contribution in [0.4, 0.5) is 11.4 Å². The first kappa shape index (κ1) is 25.2. The quantitative estimate of drug-likeness (QED) is 0.221. The van der Waals surface area contributed by atoms with Crippen LogP contribution in [0, 0.1) is 0 Å². The molecule has 1 aliphatic carbocycles. The second kappa shape index (κ2) is 9.91. The molecule has 2 aliphatic heterocycles. The number of nitrogens with zero attached hydrogens (tertiary/aromatic N) is 3. The van der Waals surface area contributed by atoms with E-state index in [1.807, 2.05) is 25.1 Å². The Morgan fingerprint density at radius 3 is 2.31 bits per heavy atom. The molecule has 9 heteroatoms. The molecule has 0 unspecified atom stereocenters. The van der Waals surface area contributed by atoms with Crippen LogP contribution in [-0.4, -0.2) is 47.7 Å². The average Bonchev–Trinajstić information content (AvgIpc) is 3.48. The van der Waals surface area contributed by atoms with Crippen molar-refractivity contribution >= 4 is 57.5 Å². The van der Waals surface area contributed by atoms with Gasteiger partial charge < -0.3 is 9.64 Å². The predicted octanol–water partition coefficient (Wildman–Crippen LogP) is 6.02. The third-order valence-corrected chi connectivity index (χ3v) is 9.11. The molecule has 3 aromatic rings. The predicted molar refractivity (Wildman–Crippen MR) is 155 cm³/mol. The van der Waals surface area contributed by atoms with Gasteiger partial charge in [0.15, 0.2) is 16.7 Å². The van der Waals surface area contributed by atoms with Crippen molar-refractivity contribution in [1.29, 1.82) is 0 Å². The van der Waals surface area contributed by atoms with E-state index >= 15 is 0 Å². The zero-order valence-electron chi connectivity index (χ0n) is 21.3. The first-order chi connectivity index (χ1) is 18.9. The zero-order chi connectivity index (χ0) is 27.3. The molecule has 1 fully saturated rings. The highest BCUT2D eigenvalue weighted by atomic mass is 32.2. The normalized spacial score (nSPS) is 18.9. The van der Waals surface area contributed by atoms with Crippen LogP contribution in [0.5, 0.6) is 5.75 Å². The van der Waals surface area contributed by atoms with Crippen LogP contribution in [0.3, 0.4) is 0 Å². The monoisotopic (exact) mass is 553 g/mol. The molecule has 1 amide bonds. The molecule has 2 heterocycles. The number of anilines is 1. The summed E-state index contributed by atoms with van der Waals surface area (Å²) in [6.45, 7) is 6.82. The number of carbonyl (C=O) groups is 3. The molecular weight excluding hydrogens is 530 g/mol. The zero-order valence-corrected chi connectivity index (χ0v) is 22.9. The highest BCUT2D eigenvalue weighted by Gasteiger charge is 2.39. The van der Waals surface area contributed by atoms with E-state index in [1.54, 1.807) is 72.3 Å². The summed E-state index contributed by atoms with van der Waals surface area (Å²) in [7, 11) is 1.63. The minimum absolute atomic E-state index is 0.155. The van der Waals surface area contributed by atoms with Gasteiger partial charge in [0.25, 0.3) is 5.91 Å². The Hall–Kier alpha value is -4.08. The number of hydrogen-bond donors (Lipinski definition) is 0. The maximum Gasteiger partial charge on any atom is 0.269 e. The summed E-state index contributed by atoms with van der Waals surface area (Å²) < 4.78 is 5.41. The fraction of sp³-hybridized carbons (Fsp3) is 0.133. The molecule has 6 rings (SSSR count). The van der Waals surface area contributed by atoms with Crippen molar-refractivity contribution in [2.45, 2.75) is 11.8 Å². The number of rotatable bonds is 5. The Labute approximate surface area is 234 Å². The lowest BCUT2D eigenvalue weighted by Crippen LogP contribution is -2.30. The molecular formula is C30H23N3O4S2. The number of hydrogen-bond acceptors (Lipinski definition) is 8. The van der Waals surface area contributed by atoms with Gasteiger partial charge >= 0.3 is 0 Å². The standard InChI is InChI=1S/C30H23N3O4S2/c1-4-14-33-28(36)27(29-32(5-2)23-16-18(37-3)11-13-24(23)38-29)39-30(33)31-17-10-12-21-22(15-17)26(35)20-9-7-6-8-19(20)25(21)34/h4,6-13,15-16H,1,5,14H2,2-3H3/b29-27-,31-30?. The van der Waals surface area contributed by atoms with Crippen LogP contribution in [0.25, 0.3) is 0 Å². The number of thioether (sulfide) groups is 2. The maximum atomic E-state index is 13.6.